The summed E-state index contributed by atoms with van der Waals surface area (Å²) in [6.45, 7) is 15.5. The van der Waals surface area contributed by atoms with E-state index in [2.05, 4.69) is 64.2 Å². The summed E-state index contributed by atoms with van der Waals surface area (Å²) in [5.74, 6) is -0.251. The minimum absolute atomic E-state index is 0.251. The first-order chi connectivity index (χ1) is 12.4. The fourth-order valence-corrected chi connectivity index (χ4v) is 5.60. The fourth-order valence-electron chi connectivity index (χ4n) is 2.99. The molecule has 0 aliphatic carbocycles. The van der Waals surface area contributed by atoms with E-state index < -0.39 is 13.7 Å². The molecule has 0 atom stereocenters. The van der Waals surface area contributed by atoms with Gasteiger partial charge in [0.05, 0.1) is 8.07 Å². The first-order valence-corrected chi connectivity index (χ1v) is 13.6. The van der Waals surface area contributed by atoms with Crippen molar-refractivity contribution in [3.8, 4) is 0 Å². The molecule has 1 aromatic carbocycles. The van der Waals surface area contributed by atoms with Gasteiger partial charge in [-0.3, -0.25) is 4.89 Å². The third-order valence-corrected chi connectivity index (χ3v) is 8.47. The summed E-state index contributed by atoms with van der Waals surface area (Å²) in [5.41, 5.74) is -0.0918. The molecule has 0 saturated carbocycles. The Morgan fingerprint density at radius 3 is 2.15 bits per heavy atom. The van der Waals surface area contributed by atoms with Gasteiger partial charge in [0.2, 0.25) is 0 Å². The van der Waals surface area contributed by atoms with Crippen LogP contribution in [0.2, 0.25) is 19.1 Å². The lowest BCUT2D eigenvalue weighted by molar-refractivity contribution is -0.325. The molecule has 0 aromatic heterocycles. The van der Waals surface area contributed by atoms with Crippen LogP contribution < -0.4 is 5.19 Å². The van der Waals surface area contributed by atoms with Gasteiger partial charge in [-0.05, 0) is 38.5 Å². The van der Waals surface area contributed by atoms with Crippen molar-refractivity contribution in [1.82, 2.24) is 0 Å². The molecular weight excluding hydrogens is 352 g/mol. The molecule has 3 nitrogen and oxygen atoms in total. The molecule has 4 heteroatoms. The average molecular weight is 393 g/mol. The normalized spacial score (nSPS) is 12.9. The summed E-state index contributed by atoms with van der Waals surface area (Å²) in [7, 11) is -1.51. The number of carbonyl (C=O) groups excluding carboxylic acids is 1. The van der Waals surface area contributed by atoms with Gasteiger partial charge in [-0.2, -0.15) is 4.89 Å². The van der Waals surface area contributed by atoms with E-state index in [4.69, 9.17) is 9.78 Å². The Morgan fingerprint density at radius 1 is 0.926 bits per heavy atom. The maximum absolute atomic E-state index is 11.9. The summed E-state index contributed by atoms with van der Waals surface area (Å²) in [6.07, 6.45) is 5.58. The van der Waals surface area contributed by atoms with Crippen molar-refractivity contribution in [3.63, 3.8) is 0 Å². The van der Waals surface area contributed by atoms with Gasteiger partial charge >= 0.3 is 5.97 Å². The molecule has 1 aromatic rings. The number of carbonyl (C=O) groups is 1. The molecule has 0 heterocycles. The molecule has 0 bridgehead atoms. The predicted octanol–water partition coefficient (Wildman–Crippen LogP) is 6.24. The summed E-state index contributed by atoms with van der Waals surface area (Å²) in [5, 5.41) is 1.45. The molecule has 0 radical (unpaired) electrons. The highest BCUT2D eigenvalue weighted by molar-refractivity contribution is 6.89. The van der Waals surface area contributed by atoms with Crippen LogP contribution in [0.25, 0.3) is 0 Å². The van der Waals surface area contributed by atoms with Gasteiger partial charge in [0.15, 0.2) is 0 Å². The van der Waals surface area contributed by atoms with Crippen LogP contribution in [0.3, 0.4) is 0 Å². The summed E-state index contributed by atoms with van der Waals surface area (Å²) in [6, 6.07) is 11.8. The van der Waals surface area contributed by atoms with Crippen LogP contribution in [0.15, 0.2) is 30.3 Å². The van der Waals surface area contributed by atoms with E-state index in [-0.39, 0.29) is 5.97 Å². The van der Waals surface area contributed by atoms with Crippen LogP contribution in [-0.4, -0.2) is 19.6 Å². The van der Waals surface area contributed by atoms with Crippen molar-refractivity contribution in [2.75, 3.05) is 0 Å². The van der Waals surface area contributed by atoms with Gasteiger partial charge in [-0.1, -0.05) is 88.3 Å². The van der Waals surface area contributed by atoms with Crippen LogP contribution in [0.5, 0.6) is 0 Å². The molecule has 0 saturated heterocycles. The molecule has 0 unspecified atom stereocenters. The Bertz CT molecular complexity index is 559. The number of benzene rings is 1. The molecule has 27 heavy (non-hydrogen) atoms. The van der Waals surface area contributed by atoms with E-state index >= 15 is 0 Å². The molecule has 0 aliphatic heterocycles. The van der Waals surface area contributed by atoms with Crippen LogP contribution in [0.1, 0.15) is 73.1 Å². The summed E-state index contributed by atoms with van der Waals surface area (Å²) < 4.78 is 0. The number of unbranched alkanes of at least 4 members (excludes halogenated alkanes) is 2. The zero-order valence-electron chi connectivity index (χ0n) is 18.6. The molecule has 0 fully saturated rings. The zero-order chi connectivity index (χ0) is 20.6. The largest absolute Gasteiger partial charge is 0.342 e. The van der Waals surface area contributed by atoms with Gasteiger partial charge in [0.1, 0.15) is 5.60 Å². The molecule has 0 aliphatic rings. The quantitative estimate of drug-likeness (QED) is 0.193. The van der Waals surface area contributed by atoms with Gasteiger partial charge in [-0.25, -0.2) is 4.79 Å². The standard InChI is InChI=1S/C23H40O3Si/c1-22(2,3)17-13-9-12-16-21(24)25-26-23(4,5)18-19-27(6,7)20-14-10-8-11-15-20/h8,10-11,14-15H,9,12-13,16-19H2,1-7H3. The van der Waals surface area contributed by atoms with E-state index in [1.807, 2.05) is 13.8 Å². The lowest BCUT2D eigenvalue weighted by Gasteiger charge is -2.29. The van der Waals surface area contributed by atoms with Gasteiger partial charge in [-0.15, -0.1) is 0 Å². The Kier molecular flexibility index (Phi) is 9.23. The number of hydrogen-bond donors (Lipinski definition) is 0. The predicted molar refractivity (Wildman–Crippen MR) is 117 cm³/mol. The van der Waals surface area contributed by atoms with E-state index in [1.165, 1.54) is 11.6 Å². The third kappa shape index (κ3) is 10.7. The highest BCUT2D eigenvalue weighted by Gasteiger charge is 2.29. The minimum Gasteiger partial charge on any atom is -0.298 e. The van der Waals surface area contributed by atoms with Crippen LogP contribution in [0, 0.1) is 5.41 Å². The molecule has 154 valence electrons. The zero-order valence-corrected chi connectivity index (χ0v) is 19.6. The maximum atomic E-state index is 11.9. The van der Waals surface area contributed by atoms with Crippen molar-refractivity contribution < 1.29 is 14.6 Å². The second-order valence-electron chi connectivity index (χ2n) is 10.2. The van der Waals surface area contributed by atoms with Crippen LogP contribution in [0.4, 0.5) is 0 Å². The summed E-state index contributed by atoms with van der Waals surface area (Å²) >= 11 is 0. The topological polar surface area (TPSA) is 35.5 Å². The number of rotatable bonds is 11. The second-order valence-corrected chi connectivity index (χ2v) is 15.0. The van der Waals surface area contributed by atoms with Gasteiger partial charge < -0.3 is 0 Å². The van der Waals surface area contributed by atoms with Crippen molar-refractivity contribution in [2.24, 2.45) is 5.41 Å². The Hall–Kier alpha value is -1.13. The molecule has 1 rings (SSSR count). The van der Waals surface area contributed by atoms with E-state index in [1.54, 1.807) is 0 Å². The van der Waals surface area contributed by atoms with Crippen molar-refractivity contribution in [1.29, 1.82) is 0 Å². The lowest BCUT2D eigenvalue weighted by Crippen LogP contribution is -2.43. The van der Waals surface area contributed by atoms with E-state index in [0.29, 0.717) is 11.8 Å². The molecule has 0 spiro atoms. The van der Waals surface area contributed by atoms with Crippen molar-refractivity contribution in [3.05, 3.63) is 30.3 Å². The fraction of sp³-hybridized carbons (Fsp3) is 0.696. The smallest absolute Gasteiger partial charge is 0.298 e. The van der Waals surface area contributed by atoms with E-state index in [0.717, 1.165) is 31.7 Å². The van der Waals surface area contributed by atoms with Gasteiger partial charge in [0.25, 0.3) is 0 Å². The number of hydrogen-bond acceptors (Lipinski definition) is 3. The highest BCUT2D eigenvalue weighted by Crippen LogP contribution is 2.24. The summed E-state index contributed by atoms with van der Waals surface area (Å²) in [4.78, 5) is 22.5. The highest BCUT2D eigenvalue weighted by atomic mass is 28.3. The molecular formula is C23H40O3Si. The average Bonchev–Trinajstić information content (AvgIpc) is 2.58. The van der Waals surface area contributed by atoms with Gasteiger partial charge in [0, 0.05) is 6.42 Å². The first kappa shape index (κ1) is 23.9. The SMILES string of the molecule is CC(C)(C)CCCCCC(=O)OOC(C)(C)CC[Si](C)(C)c1ccccc1. The van der Waals surface area contributed by atoms with Crippen molar-refractivity contribution in [2.45, 2.75) is 97.9 Å². The third-order valence-electron chi connectivity index (χ3n) is 5.08. The van der Waals surface area contributed by atoms with E-state index in [9.17, 15) is 4.79 Å². The van der Waals surface area contributed by atoms with Crippen LogP contribution in [-0.2, 0) is 14.6 Å². The lowest BCUT2D eigenvalue weighted by atomic mass is 9.89. The molecule has 0 amide bonds. The Labute approximate surface area is 167 Å². The van der Waals surface area contributed by atoms with Crippen LogP contribution >= 0.6 is 0 Å². The van der Waals surface area contributed by atoms with Crippen molar-refractivity contribution >= 4 is 19.2 Å². The Balaban J connectivity index is 2.29. The Morgan fingerprint density at radius 2 is 1.56 bits per heavy atom. The minimum atomic E-state index is -1.51. The maximum Gasteiger partial charge on any atom is 0.342 e. The monoisotopic (exact) mass is 392 g/mol. The second kappa shape index (κ2) is 10.4. The molecule has 0 N–H and O–H groups in total. The first-order valence-electron chi connectivity index (χ1n) is 10.4.